The van der Waals surface area contributed by atoms with Crippen LogP contribution < -0.4 is 16.0 Å². The Morgan fingerprint density at radius 3 is 2.07 bits per heavy atom. The van der Waals surface area contributed by atoms with E-state index in [2.05, 4.69) is 16.0 Å². The zero-order valence-electron chi connectivity index (χ0n) is 18.3. The zero-order valence-corrected chi connectivity index (χ0v) is 18.3. The molecular weight excluding hydrogens is 378 g/mol. The number of carbonyl (C=O) groups excluding carboxylic acids is 3. The lowest BCUT2D eigenvalue weighted by Gasteiger charge is -2.22. The van der Waals surface area contributed by atoms with E-state index in [1.807, 2.05) is 77.1 Å². The molecule has 3 amide bonds. The van der Waals surface area contributed by atoms with Gasteiger partial charge in [0, 0.05) is 5.69 Å². The van der Waals surface area contributed by atoms with Crippen molar-refractivity contribution in [3.05, 3.63) is 64.7 Å². The van der Waals surface area contributed by atoms with E-state index < -0.39 is 6.04 Å². The molecule has 1 atom stereocenters. The summed E-state index contributed by atoms with van der Waals surface area (Å²) in [5.41, 5.74) is 4.71. The molecule has 0 saturated heterocycles. The van der Waals surface area contributed by atoms with Gasteiger partial charge in [-0.1, -0.05) is 61.9 Å². The molecule has 0 aliphatic heterocycles. The lowest BCUT2D eigenvalue weighted by Crippen LogP contribution is -2.51. The molecule has 160 valence electrons. The number of carbonyl (C=O) groups is 3. The fourth-order valence-corrected chi connectivity index (χ4v) is 3.38. The Bertz CT molecular complexity index is 884. The minimum absolute atomic E-state index is 0.116. The van der Waals surface area contributed by atoms with Gasteiger partial charge >= 0.3 is 0 Å². The van der Waals surface area contributed by atoms with Crippen molar-refractivity contribution in [3.63, 3.8) is 0 Å². The standard InChI is InChI=1S/C24H31N3O3/c1-15(2)22(26-20(28)13-19-9-7-6-8-10-19)24(30)25-14-21(29)27-23-17(4)11-16(3)12-18(23)5/h6-12,15,22H,13-14H2,1-5H3,(H,25,30)(H,26,28)(H,27,29)/t22-/m0/s1. The first kappa shape index (κ1) is 23.1. The fraction of sp³-hybridized carbons (Fsp3) is 0.375. The maximum atomic E-state index is 12.6. The molecule has 30 heavy (non-hydrogen) atoms. The second-order valence-corrected chi connectivity index (χ2v) is 7.99. The van der Waals surface area contributed by atoms with Crippen LogP contribution in [0.15, 0.2) is 42.5 Å². The fourth-order valence-electron chi connectivity index (χ4n) is 3.38. The lowest BCUT2D eigenvalue weighted by molar-refractivity contribution is -0.130. The van der Waals surface area contributed by atoms with Crippen molar-refractivity contribution < 1.29 is 14.4 Å². The van der Waals surface area contributed by atoms with E-state index in [1.54, 1.807) is 0 Å². The van der Waals surface area contributed by atoms with Crippen LogP contribution in [0.25, 0.3) is 0 Å². The van der Waals surface area contributed by atoms with Crippen LogP contribution in [0, 0.1) is 26.7 Å². The molecule has 0 heterocycles. The third kappa shape index (κ3) is 6.72. The Balaban J connectivity index is 1.92. The predicted octanol–water partition coefficient (Wildman–Crippen LogP) is 3.05. The smallest absolute Gasteiger partial charge is 0.243 e. The van der Waals surface area contributed by atoms with Gasteiger partial charge in [-0.15, -0.1) is 0 Å². The number of amides is 3. The van der Waals surface area contributed by atoms with E-state index in [9.17, 15) is 14.4 Å². The summed E-state index contributed by atoms with van der Waals surface area (Å²) in [6, 6.07) is 12.6. The van der Waals surface area contributed by atoms with Crippen LogP contribution >= 0.6 is 0 Å². The van der Waals surface area contributed by atoms with Gasteiger partial charge in [-0.2, -0.15) is 0 Å². The van der Waals surface area contributed by atoms with Gasteiger partial charge in [-0.25, -0.2) is 0 Å². The maximum Gasteiger partial charge on any atom is 0.243 e. The lowest BCUT2D eigenvalue weighted by atomic mass is 10.0. The molecular formula is C24H31N3O3. The van der Waals surface area contributed by atoms with Crippen LogP contribution in [-0.4, -0.2) is 30.3 Å². The van der Waals surface area contributed by atoms with E-state index in [1.165, 1.54) is 0 Å². The van der Waals surface area contributed by atoms with E-state index >= 15 is 0 Å². The Hall–Kier alpha value is -3.15. The van der Waals surface area contributed by atoms with Crippen LogP contribution in [0.1, 0.15) is 36.1 Å². The minimum atomic E-state index is -0.711. The summed E-state index contributed by atoms with van der Waals surface area (Å²) in [5, 5.41) is 8.28. The molecule has 0 saturated carbocycles. The first-order chi connectivity index (χ1) is 14.2. The summed E-state index contributed by atoms with van der Waals surface area (Å²) >= 11 is 0. The number of aryl methyl sites for hydroxylation is 3. The number of nitrogens with one attached hydrogen (secondary N) is 3. The number of anilines is 1. The molecule has 2 aromatic carbocycles. The first-order valence-corrected chi connectivity index (χ1v) is 10.2. The summed E-state index contributed by atoms with van der Waals surface area (Å²) < 4.78 is 0. The quantitative estimate of drug-likeness (QED) is 0.626. The van der Waals surface area contributed by atoms with Gasteiger partial charge in [0.05, 0.1) is 13.0 Å². The summed E-state index contributed by atoms with van der Waals surface area (Å²) in [7, 11) is 0. The maximum absolute atomic E-state index is 12.6. The zero-order chi connectivity index (χ0) is 22.3. The van der Waals surface area contributed by atoms with E-state index in [-0.39, 0.29) is 36.6 Å². The van der Waals surface area contributed by atoms with Crippen molar-refractivity contribution in [2.45, 2.75) is 47.1 Å². The van der Waals surface area contributed by atoms with Gasteiger partial charge in [0.15, 0.2) is 0 Å². The number of hydrogen-bond acceptors (Lipinski definition) is 3. The van der Waals surface area contributed by atoms with E-state index in [0.717, 1.165) is 27.9 Å². The van der Waals surface area contributed by atoms with Crippen LogP contribution in [0.3, 0.4) is 0 Å². The van der Waals surface area contributed by atoms with Crippen LogP contribution in [0.5, 0.6) is 0 Å². The molecule has 0 aliphatic carbocycles. The highest BCUT2D eigenvalue weighted by atomic mass is 16.2. The van der Waals surface area contributed by atoms with Gasteiger partial charge in [0.25, 0.3) is 0 Å². The van der Waals surface area contributed by atoms with E-state index in [4.69, 9.17) is 0 Å². The van der Waals surface area contributed by atoms with Crippen molar-refractivity contribution in [2.24, 2.45) is 5.92 Å². The van der Waals surface area contributed by atoms with Crippen LogP contribution in [-0.2, 0) is 20.8 Å². The molecule has 0 fully saturated rings. The molecule has 6 heteroatoms. The van der Waals surface area contributed by atoms with Crippen molar-refractivity contribution in [3.8, 4) is 0 Å². The molecule has 3 N–H and O–H groups in total. The first-order valence-electron chi connectivity index (χ1n) is 10.2. The second kappa shape index (κ2) is 10.6. The molecule has 2 rings (SSSR count). The number of hydrogen-bond donors (Lipinski definition) is 3. The van der Waals surface area contributed by atoms with Crippen LogP contribution in [0.4, 0.5) is 5.69 Å². The topological polar surface area (TPSA) is 87.3 Å². The molecule has 0 aliphatic rings. The molecule has 0 aromatic heterocycles. The minimum Gasteiger partial charge on any atom is -0.345 e. The van der Waals surface area contributed by atoms with Gasteiger partial charge in [0.2, 0.25) is 17.7 Å². The Morgan fingerprint density at radius 2 is 1.50 bits per heavy atom. The van der Waals surface area contributed by atoms with Gasteiger partial charge in [-0.3, -0.25) is 14.4 Å². The highest BCUT2D eigenvalue weighted by Gasteiger charge is 2.24. The van der Waals surface area contributed by atoms with Gasteiger partial charge < -0.3 is 16.0 Å². The molecule has 0 radical (unpaired) electrons. The highest BCUT2D eigenvalue weighted by Crippen LogP contribution is 2.21. The molecule has 6 nitrogen and oxygen atoms in total. The third-order valence-corrected chi connectivity index (χ3v) is 4.84. The summed E-state index contributed by atoms with van der Waals surface area (Å²) in [6.07, 6.45) is 0.198. The number of rotatable bonds is 8. The van der Waals surface area contributed by atoms with Crippen molar-refractivity contribution >= 4 is 23.4 Å². The summed E-state index contributed by atoms with van der Waals surface area (Å²) in [5.74, 6) is -1.03. The molecule has 0 bridgehead atoms. The number of benzene rings is 2. The van der Waals surface area contributed by atoms with Gasteiger partial charge in [0.1, 0.15) is 6.04 Å². The Labute approximate surface area is 178 Å². The SMILES string of the molecule is Cc1cc(C)c(NC(=O)CNC(=O)[C@@H](NC(=O)Cc2ccccc2)C(C)C)c(C)c1. The second-order valence-electron chi connectivity index (χ2n) is 7.99. The van der Waals surface area contributed by atoms with E-state index in [0.29, 0.717) is 0 Å². The molecule has 0 unspecified atom stereocenters. The molecule has 2 aromatic rings. The van der Waals surface area contributed by atoms with Crippen molar-refractivity contribution in [2.75, 3.05) is 11.9 Å². The average molecular weight is 410 g/mol. The van der Waals surface area contributed by atoms with Crippen LogP contribution in [0.2, 0.25) is 0 Å². The summed E-state index contributed by atoms with van der Waals surface area (Å²) in [6.45, 7) is 9.42. The monoisotopic (exact) mass is 409 g/mol. The van der Waals surface area contributed by atoms with Gasteiger partial charge in [-0.05, 0) is 43.4 Å². The Kier molecular flexibility index (Phi) is 8.16. The molecule has 0 spiro atoms. The average Bonchev–Trinajstić information content (AvgIpc) is 2.67. The Morgan fingerprint density at radius 1 is 0.900 bits per heavy atom. The third-order valence-electron chi connectivity index (χ3n) is 4.84. The summed E-state index contributed by atoms with van der Waals surface area (Å²) in [4.78, 5) is 37.3. The van der Waals surface area contributed by atoms with Crippen molar-refractivity contribution in [1.29, 1.82) is 0 Å². The predicted molar refractivity (Wildman–Crippen MR) is 119 cm³/mol. The largest absolute Gasteiger partial charge is 0.345 e. The normalized spacial score (nSPS) is 11.7. The van der Waals surface area contributed by atoms with Crippen molar-refractivity contribution in [1.82, 2.24) is 10.6 Å². The highest BCUT2D eigenvalue weighted by molar-refractivity contribution is 5.97.